The maximum absolute atomic E-state index is 12.7. The molecule has 0 bridgehead atoms. The lowest BCUT2D eigenvalue weighted by Crippen LogP contribution is -2.43. The van der Waals surface area contributed by atoms with E-state index in [9.17, 15) is 8.42 Å². The second kappa shape index (κ2) is 6.94. The summed E-state index contributed by atoms with van der Waals surface area (Å²) in [6.07, 6.45) is 2.07. The van der Waals surface area contributed by atoms with Gasteiger partial charge in [0.25, 0.3) is 0 Å². The minimum absolute atomic E-state index is 0. The molecule has 20 heavy (non-hydrogen) atoms. The fraction of sp³-hybridized carbons (Fsp3) is 0.500. The van der Waals surface area contributed by atoms with Crippen molar-refractivity contribution in [3.63, 3.8) is 0 Å². The summed E-state index contributed by atoms with van der Waals surface area (Å²) >= 11 is 9.29. The number of rotatable bonds is 5. The zero-order chi connectivity index (χ0) is 14.2. The summed E-state index contributed by atoms with van der Waals surface area (Å²) in [5.74, 6) is 0.367. The molecule has 0 saturated heterocycles. The van der Waals surface area contributed by atoms with Crippen molar-refractivity contribution < 1.29 is 8.42 Å². The quantitative estimate of drug-likeness (QED) is 0.821. The second-order valence-electron chi connectivity index (χ2n) is 4.71. The lowest BCUT2D eigenvalue weighted by atomic mass is 10.2. The first-order chi connectivity index (χ1) is 8.89. The smallest absolute Gasteiger partial charge is 0.245 e. The average molecular weight is 404 g/mol. The minimum atomic E-state index is -3.64. The molecule has 1 aliphatic carbocycles. The molecule has 1 atom stereocenters. The van der Waals surface area contributed by atoms with E-state index in [0.29, 0.717) is 16.9 Å². The van der Waals surface area contributed by atoms with Crippen molar-refractivity contribution >= 4 is 50.0 Å². The van der Waals surface area contributed by atoms with E-state index in [4.69, 9.17) is 17.3 Å². The van der Waals surface area contributed by atoms with Crippen LogP contribution in [0, 0.1) is 5.92 Å². The molecular weight excluding hydrogens is 387 g/mol. The van der Waals surface area contributed by atoms with Gasteiger partial charge in [-0.2, -0.15) is 4.31 Å². The number of halogens is 3. The molecule has 0 heterocycles. The van der Waals surface area contributed by atoms with Gasteiger partial charge in [0.15, 0.2) is 0 Å². The SMILES string of the molecule is CN(C(CN)C1CC1)S(=O)(=O)c1c(Cl)cccc1Br.Cl. The molecule has 114 valence electrons. The van der Waals surface area contributed by atoms with Crippen molar-refractivity contribution in [3.8, 4) is 0 Å². The molecule has 1 saturated carbocycles. The Morgan fingerprint density at radius 3 is 2.55 bits per heavy atom. The molecule has 2 rings (SSSR count). The van der Waals surface area contributed by atoms with E-state index in [1.807, 2.05) is 0 Å². The summed E-state index contributed by atoms with van der Waals surface area (Å²) in [6, 6.07) is 4.78. The van der Waals surface area contributed by atoms with Crippen molar-refractivity contribution in [2.45, 2.75) is 23.8 Å². The summed E-state index contributed by atoms with van der Waals surface area (Å²) in [5, 5.41) is 0.216. The van der Waals surface area contributed by atoms with Crippen LogP contribution in [0.3, 0.4) is 0 Å². The van der Waals surface area contributed by atoms with E-state index in [2.05, 4.69) is 15.9 Å². The van der Waals surface area contributed by atoms with Gasteiger partial charge in [0.05, 0.1) is 5.02 Å². The van der Waals surface area contributed by atoms with Crippen LogP contribution < -0.4 is 5.73 Å². The number of nitrogens with two attached hydrogens (primary N) is 1. The Morgan fingerprint density at radius 1 is 1.50 bits per heavy atom. The van der Waals surface area contributed by atoms with Gasteiger partial charge < -0.3 is 5.73 Å². The fourth-order valence-electron chi connectivity index (χ4n) is 2.17. The number of likely N-dealkylation sites (N-methyl/N-ethyl adjacent to an activating group) is 1. The maximum atomic E-state index is 12.7. The molecule has 4 nitrogen and oxygen atoms in total. The summed E-state index contributed by atoms with van der Waals surface area (Å²) in [5.41, 5.74) is 5.71. The lowest BCUT2D eigenvalue weighted by Gasteiger charge is -2.27. The topological polar surface area (TPSA) is 63.4 Å². The Kier molecular flexibility index (Phi) is 6.32. The van der Waals surface area contributed by atoms with E-state index < -0.39 is 10.0 Å². The van der Waals surface area contributed by atoms with Crippen molar-refractivity contribution in [1.29, 1.82) is 0 Å². The predicted octanol–water partition coefficient (Wildman–Crippen LogP) is 2.88. The van der Waals surface area contributed by atoms with E-state index in [0.717, 1.165) is 12.8 Å². The number of hydrogen-bond donors (Lipinski definition) is 1. The number of hydrogen-bond acceptors (Lipinski definition) is 3. The van der Waals surface area contributed by atoms with Crippen LogP contribution in [-0.4, -0.2) is 32.4 Å². The van der Waals surface area contributed by atoms with Crippen molar-refractivity contribution in [1.82, 2.24) is 4.31 Å². The Bertz CT molecular complexity index is 559. The van der Waals surface area contributed by atoms with Crippen molar-refractivity contribution in [3.05, 3.63) is 27.7 Å². The molecule has 2 N–H and O–H groups in total. The fourth-order valence-corrected chi connectivity index (χ4v) is 5.26. The molecule has 0 aliphatic heterocycles. The Morgan fingerprint density at radius 2 is 2.10 bits per heavy atom. The highest BCUT2D eigenvalue weighted by Gasteiger charge is 2.39. The highest BCUT2D eigenvalue weighted by Crippen LogP contribution is 2.38. The number of nitrogens with zero attached hydrogens (tertiary/aromatic N) is 1. The van der Waals surface area contributed by atoms with Gasteiger partial charge in [0, 0.05) is 24.1 Å². The van der Waals surface area contributed by atoms with Gasteiger partial charge in [-0.15, -0.1) is 12.4 Å². The third kappa shape index (κ3) is 3.48. The zero-order valence-corrected chi connectivity index (χ0v) is 14.9. The van der Waals surface area contributed by atoms with Gasteiger partial charge in [-0.3, -0.25) is 0 Å². The molecule has 0 spiro atoms. The predicted molar refractivity (Wildman–Crippen MR) is 86.9 cm³/mol. The normalized spacial score (nSPS) is 16.9. The van der Waals surface area contributed by atoms with E-state index >= 15 is 0 Å². The number of benzene rings is 1. The van der Waals surface area contributed by atoms with Gasteiger partial charge in [-0.1, -0.05) is 17.7 Å². The molecule has 8 heteroatoms. The highest BCUT2D eigenvalue weighted by molar-refractivity contribution is 9.10. The first-order valence-corrected chi connectivity index (χ1v) is 8.62. The van der Waals surface area contributed by atoms with E-state index in [1.165, 1.54) is 4.31 Å². The zero-order valence-electron chi connectivity index (χ0n) is 10.9. The minimum Gasteiger partial charge on any atom is -0.329 e. The van der Waals surface area contributed by atoms with Crippen LogP contribution in [0.15, 0.2) is 27.6 Å². The average Bonchev–Trinajstić information content (AvgIpc) is 3.13. The van der Waals surface area contributed by atoms with Crippen LogP contribution in [0.1, 0.15) is 12.8 Å². The molecule has 0 amide bonds. The van der Waals surface area contributed by atoms with E-state index in [-0.39, 0.29) is 28.4 Å². The van der Waals surface area contributed by atoms with Crippen LogP contribution >= 0.6 is 39.9 Å². The Balaban J connectivity index is 0.00000200. The molecule has 1 aliphatic rings. The molecule has 1 aromatic rings. The van der Waals surface area contributed by atoms with Crippen LogP contribution in [-0.2, 0) is 10.0 Å². The monoisotopic (exact) mass is 402 g/mol. The Hall–Kier alpha value is 0.150. The van der Waals surface area contributed by atoms with Crippen LogP contribution in [0.4, 0.5) is 0 Å². The van der Waals surface area contributed by atoms with Gasteiger partial charge >= 0.3 is 0 Å². The number of sulfonamides is 1. The summed E-state index contributed by atoms with van der Waals surface area (Å²) in [4.78, 5) is 0.110. The van der Waals surface area contributed by atoms with Crippen LogP contribution in [0.5, 0.6) is 0 Å². The largest absolute Gasteiger partial charge is 0.329 e. The first-order valence-electron chi connectivity index (χ1n) is 6.01. The second-order valence-corrected chi connectivity index (χ2v) is 7.91. The maximum Gasteiger partial charge on any atom is 0.245 e. The van der Waals surface area contributed by atoms with Gasteiger partial charge in [0.2, 0.25) is 10.0 Å². The molecule has 1 unspecified atom stereocenters. The van der Waals surface area contributed by atoms with Gasteiger partial charge in [-0.05, 0) is 46.8 Å². The molecule has 0 radical (unpaired) electrons. The van der Waals surface area contributed by atoms with Crippen molar-refractivity contribution in [2.24, 2.45) is 11.7 Å². The molecule has 1 fully saturated rings. The summed E-state index contributed by atoms with van der Waals surface area (Å²) < 4.78 is 27.2. The molecule has 0 aromatic heterocycles. The molecule has 1 aromatic carbocycles. The van der Waals surface area contributed by atoms with Crippen LogP contribution in [0.2, 0.25) is 5.02 Å². The van der Waals surface area contributed by atoms with Gasteiger partial charge in [-0.25, -0.2) is 8.42 Å². The standard InChI is InChI=1S/C12H16BrClN2O2S.ClH/c1-16(11(7-15)8-5-6-8)19(17,18)12-9(13)3-2-4-10(12)14;/h2-4,8,11H,5-7,15H2,1H3;1H. The third-order valence-electron chi connectivity index (χ3n) is 3.43. The summed E-state index contributed by atoms with van der Waals surface area (Å²) in [6.45, 7) is 0.322. The first kappa shape index (κ1) is 18.2. The highest BCUT2D eigenvalue weighted by atomic mass is 79.9. The Labute approximate surface area is 139 Å². The third-order valence-corrected chi connectivity index (χ3v) is 6.77. The lowest BCUT2D eigenvalue weighted by molar-refractivity contribution is 0.340. The van der Waals surface area contributed by atoms with E-state index in [1.54, 1.807) is 25.2 Å². The van der Waals surface area contributed by atoms with Crippen molar-refractivity contribution in [2.75, 3.05) is 13.6 Å². The molecular formula is C12H17BrCl2N2O2S. The van der Waals surface area contributed by atoms with Crippen LogP contribution in [0.25, 0.3) is 0 Å². The summed E-state index contributed by atoms with van der Waals surface area (Å²) in [7, 11) is -2.07. The van der Waals surface area contributed by atoms with Gasteiger partial charge in [0.1, 0.15) is 4.90 Å².